The minimum Gasteiger partial charge on any atom is -0.457 e. The number of rotatable bonds is 1. The molecule has 5 heteroatoms. The number of aliphatic hydroxyl groups excluding tert-OH is 2. The molecule has 1 aliphatic rings. The van der Waals surface area contributed by atoms with Crippen LogP contribution in [0.2, 0.25) is 0 Å². The van der Waals surface area contributed by atoms with E-state index >= 15 is 0 Å². The van der Waals surface area contributed by atoms with E-state index in [1.165, 1.54) is 6.92 Å². The highest BCUT2D eigenvalue weighted by atomic mass is 16.6. The molecule has 2 N–H and O–H groups in total. The van der Waals surface area contributed by atoms with Crippen molar-refractivity contribution in [2.45, 2.75) is 25.2 Å². The van der Waals surface area contributed by atoms with Gasteiger partial charge >= 0.3 is 5.97 Å². The Hall–Kier alpha value is -0.650. The Bertz CT molecular complexity index is 169. The summed E-state index contributed by atoms with van der Waals surface area (Å²) < 4.78 is 9.58. The van der Waals surface area contributed by atoms with E-state index in [2.05, 4.69) is 0 Å². The second kappa shape index (κ2) is 3.84. The number of ether oxygens (including phenoxy) is 2. The lowest BCUT2D eigenvalue weighted by atomic mass is 10.1. The molecule has 0 unspecified atom stereocenters. The molecule has 5 nitrogen and oxygen atoms in total. The van der Waals surface area contributed by atoms with Crippen LogP contribution >= 0.6 is 0 Å². The van der Waals surface area contributed by atoms with Gasteiger partial charge in [-0.25, -0.2) is 0 Å². The summed E-state index contributed by atoms with van der Waals surface area (Å²) >= 11 is 0. The molecule has 0 saturated carbocycles. The van der Waals surface area contributed by atoms with Crippen LogP contribution in [0.1, 0.15) is 6.92 Å². The molecule has 0 amide bonds. The van der Waals surface area contributed by atoms with Crippen molar-refractivity contribution in [3.63, 3.8) is 0 Å². The van der Waals surface area contributed by atoms with E-state index in [1.807, 2.05) is 0 Å². The number of hydrogen-bond donors (Lipinski definition) is 2. The lowest BCUT2D eigenvalue weighted by molar-refractivity contribution is -0.183. The van der Waals surface area contributed by atoms with Crippen molar-refractivity contribution in [1.29, 1.82) is 0 Å². The second-order valence-corrected chi connectivity index (χ2v) is 2.74. The van der Waals surface area contributed by atoms with E-state index in [0.29, 0.717) is 0 Å². The van der Waals surface area contributed by atoms with Gasteiger partial charge in [-0.05, 0) is 0 Å². The molecule has 1 fully saturated rings. The Morgan fingerprint density at radius 3 is 2.75 bits per heavy atom. The first-order chi connectivity index (χ1) is 5.61. The van der Waals surface area contributed by atoms with Crippen LogP contribution in [0.5, 0.6) is 0 Å². The third-order valence-corrected chi connectivity index (χ3v) is 1.66. The van der Waals surface area contributed by atoms with Gasteiger partial charge in [0.05, 0.1) is 13.2 Å². The fourth-order valence-electron chi connectivity index (χ4n) is 1.07. The molecule has 0 aromatic heterocycles. The van der Waals surface area contributed by atoms with Gasteiger partial charge in [0.1, 0.15) is 12.2 Å². The highest BCUT2D eigenvalue weighted by Crippen LogP contribution is 2.11. The summed E-state index contributed by atoms with van der Waals surface area (Å²) in [4.78, 5) is 10.5. The number of carbonyl (C=O) groups is 1. The lowest BCUT2D eigenvalue weighted by Gasteiger charge is -2.30. The van der Waals surface area contributed by atoms with E-state index in [1.54, 1.807) is 0 Å². The van der Waals surface area contributed by atoms with Gasteiger partial charge in [-0.2, -0.15) is 0 Å². The number of esters is 1. The zero-order valence-electron chi connectivity index (χ0n) is 6.77. The molecule has 0 radical (unpaired) electrons. The van der Waals surface area contributed by atoms with Crippen molar-refractivity contribution in [3.05, 3.63) is 0 Å². The third-order valence-electron chi connectivity index (χ3n) is 1.66. The maximum absolute atomic E-state index is 10.5. The first kappa shape index (κ1) is 9.44. The monoisotopic (exact) mass is 176 g/mol. The average molecular weight is 176 g/mol. The molecule has 0 aromatic carbocycles. The minimum atomic E-state index is -1.04. The van der Waals surface area contributed by atoms with E-state index < -0.39 is 24.3 Å². The van der Waals surface area contributed by atoms with Crippen molar-refractivity contribution < 1.29 is 24.5 Å². The number of hydrogen-bond acceptors (Lipinski definition) is 5. The molecule has 0 aliphatic carbocycles. The molecule has 0 bridgehead atoms. The zero-order chi connectivity index (χ0) is 9.14. The fourth-order valence-corrected chi connectivity index (χ4v) is 1.07. The Kier molecular flexibility index (Phi) is 3.02. The smallest absolute Gasteiger partial charge is 0.303 e. The molecule has 0 aromatic rings. The fraction of sp³-hybridized carbons (Fsp3) is 0.857. The van der Waals surface area contributed by atoms with E-state index in [9.17, 15) is 9.90 Å². The van der Waals surface area contributed by atoms with Gasteiger partial charge < -0.3 is 19.7 Å². The van der Waals surface area contributed by atoms with Crippen molar-refractivity contribution in [3.8, 4) is 0 Å². The SMILES string of the molecule is CC(=O)O[C@@H]1COC[C@@H](O)[C@H]1O. The van der Waals surface area contributed by atoms with Gasteiger partial charge in [-0.15, -0.1) is 0 Å². The molecule has 1 heterocycles. The average Bonchev–Trinajstić information content (AvgIpc) is 1.98. The summed E-state index contributed by atoms with van der Waals surface area (Å²) in [6.07, 6.45) is -2.75. The predicted octanol–water partition coefficient (Wildman–Crippen LogP) is -1.33. The van der Waals surface area contributed by atoms with Crippen molar-refractivity contribution in [2.24, 2.45) is 0 Å². The van der Waals surface area contributed by atoms with Gasteiger partial charge in [-0.1, -0.05) is 0 Å². The van der Waals surface area contributed by atoms with Gasteiger partial charge in [0.15, 0.2) is 6.10 Å². The molecule has 70 valence electrons. The quantitative estimate of drug-likeness (QED) is 0.484. The normalized spacial score (nSPS) is 36.1. The van der Waals surface area contributed by atoms with Crippen LogP contribution in [-0.2, 0) is 14.3 Å². The Labute approximate surface area is 69.9 Å². The largest absolute Gasteiger partial charge is 0.457 e. The Morgan fingerprint density at radius 2 is 2.17 bits per heavy atom. The summed E-state index contributed by atoms with van der Waals surface area (Å²) in [7, 11) is 0. The van der Waals surface area contributed by atoms with Crippen LogP contribution in [0.25, 0.3) is 0 Å². The molecule has 1 aliphatic heterocycles. The summed E-state index contributed by atoms with van der Waals surface area (Å²) in [5.41, 5.74) is 0. The van der Waals surface area contributed by atoms with Crippen LogP contribution in [0, 0.1) is 0 Å². The summed E-state index contributed by atoms with van der Waals surface area (Å²) in [5, 5.41) is 18.4. The van der Waals surface area contributed by atoms with Gasteiger partial charge in [0.2, 0.25) is 0 Å². The van der Waals surface area contributed by atoms with E-state index in [-0.39, 0.29) is 13.2 Å². The predicted molar refractivity (Wildman–Crippen MR) is 38.4 cm³/mol. The molecule has 0 spiro atoms. The van der Waals surface area contributed by atoms with Crippen LogP contribution in [-0.4, -0.2) is 47.7 Å². The zero-order valence-corrected chi connectivity index (χ0v) is 6.77. The van der Waals surface area contributed by atoms with Crippen LogP contribution in [0.4, 0.5) is 0 Å². The van der Waals surface area contributed by atoms with Crippen molar-refractivity contribution >= 4 is 5.97 Å². The summed E-state index contributed by atoms with van der Waals surface area (Å²) in [6, 6.07) is 0. The summed E-state index contributed by atoms with van der Waals surface area (Å²) in [5.74, 6) is -0.489. The van der Waals surface area contributed by atoms with Crippen LogP contribution in [0.3, 0.4) is 0 Å². The molecule has 1 saturated heterocycles. The van der Waals surface area contributed by atoms with E-state index in [0.717, 1.165) is 0 Å². The first-order valence-corrected chi connectivity index (χ1v) is 3.72. The highest BCUT2D eigenvalue weighted by Gasteiger charge is 2.33. The second-order valence-electron chi connectivity index (χ2n) is 2.74. The van der Waals surface area contributed by atoms with Crippen molar-refractivity contribution in [1.82, 2.24) is 0 Å². The van der Waals surface area contributed by atoms with Gasteiger partial charge in [0, 0.05) is 6.92 Å². The molecule has 12 heavy (non-hydrogen) atoms. The standard InChI is InChI=1S/C7H12O5/c1-4(8)12-6-3-11-2-5(9)7(6)10/h5-7,9-10H,2-3H2,1H3/t5-,6-,7-/m1/s1. The Morgan fingerprint density at radius 1 is 1.50 bits per heavy atom. The lowest BCUT2D eigenvalue weighted by Crippen LogP contribution is -2.49. The first-order valence-electron chi connectivity index (χ1n) is 3.72. The molecule has 1 rings (SSSR count). The van der Waals surface area contributed by atoms with Crippen LogP contribution in [0.15, 0.2) is 0 Å². The maximum Gasteiger partial charge on any atom is 0.303 e. The van der Waals surface area contributed by atoms with Crippen molar-refractivity contribution in [2.75, 3.05) is 13.2 Å². The number of carbonyl (C=O) groups excluding carboxylic acids is 1. The molecular formula is C7H12O5. The van der Waals surface area contributed by atoms with Gasteiger partial charge in [0.25, 0.3) is 0 Å². The topological polar surface area (TPSA) is 76.0 Å². The maximum atomic E-state index is 10.5. The molecular weight excluding hydrogens is 164 g/mol. The minimum absolute atomic E-state index is 0.0823. The molecule has 3 atom stereocenters. The Balaban J connectivity index is 2.46. The summed E-state index contributed by atoms with van der Waals surface area (Å²) in [6.45, 7) is 1.46. The highest BCUT2D eigenvalue weighted by molar-refractivity contribution is 5.66. The van der Waals surface area contributed by atoms with Gasteiger partial charge in [-0.3, -0.25) is 4.79 Å². The number of aliphatic hydroxyl groups is 2. The van der Waals surface area contributed by atoms with Crippen LogP contribution < -0.4 is 0 Å². The van der Waals surface area contributed by atoms with E-state index in [4.69, 9.17) is 14.6 Å². The third kappa shape index (κ3) is 2.17.